The number of fused-ring (bicyclic) bond motifs is 4. The molecule has 488 valence electrons. The normalized spacial score (nSPS) is 24.6. The number of hydrogen-bond acceptors (Lipinski definition) is 14. The van der Waals surface area contributed by atoms with Gasteiger partial charge in [0.2, 0.25) is 11.8 Å². The number of ether oxygens (including phenoxy) is 2. The van der Waals surface area contributed by atoms with Crippen LogP contribution in [0, 0.1) is 17.0 Å². The first-order chi connectivity index (χ1) is 43.5. The standard InChI is InChI=1S/C70H92F2N10O8Si/c1-10-51-54(71)15-13-47-33-50(90-91(42(2)3,43(4)5)44(6)7)35-52(59(47)51)61-60(72)62-53(38-73-61)63(80-27-11-22-68(8,87)40-80)76-65(75-62)89-41-70-23-12-28-81(70)48(19-24-70)39-88-67(86)79-31-25-69(26-32-79)36-49(37-69)78-29-20-45(21-30-78)46-14-16-55-57(34-46)77(9)66(85)82(55)56-17-18-58(83)74-64(56)84/h13-16,33-35,38,42-45,48-49,56,87H,10-12,17-32,36-37,39-41H2,1-9H3,(H,74,83,84)/t48-,56?,68+,70-/m0/s1. The topological polar surface area (TPSA) is 190 Å². The molecule has 7 fully saturated rings. The number of aromatic nitrogens is 5. The van der Waals surface area contributed by atoms with E-state index >= 15 is 8.78 Å². The van der Waals surface area contributed by atoms with Gasteiger partial charge in [-0.1, -0.05) is 60.6 Å². The van der Waals surface area contributed by atoms with Crippen molar-refractivity contribution < 1.29 is 42.2 Å². The third-order valence-electron chi connectivity index (χ3n) is 22.8. The lowest BCUT2D eigenvalue weighted by Crippen LogP contribution is -2.56. The molecule has 1 spiro atoms. The first-order valence-electron chi connectivity index (χ1n) is 33.9. The first kappa shape index (κ1) is 63.2. The number of anilines is 1. The van der Waals surface area contributed by atoms with Gasteiger partial charge in [0.1, 0.15) is 47.9 Å². The number of rotatable bonds is 16. The largest absolute Gasteiger partial charge is 0.543 e. The third-order valence-corrected chi connectivity index (χ3v) is 28.8. The van der Waals surface area contributed by atoms with Gasteiger partial charge in [0, 0.05) is 63.5 Å². The second-order valence-corrected chi connectivity index (χ2v) is 34.6. The van der Waals surface area contributed by atoms with Crippen LogP contribution < -0.4 is 25.1 Å². The number of amides is 3. The molecule has 6 aliphatic heterocycles. The summed E-state index contributed by atoms with van der Waals surface area (Å²) in [7, 11) is -0.740. The van der Waals surface area contributed by atoms with E-state index in [1.165, 1.54) is 11.6 Å². The zero-order valence-corrected chi connectivity index (χ0v) is 55.7. The number of imide groups is 1. The number of hydrogen-bond donors (Lipinski definition) is 2. The van der Waals surface area contributed by atoms with Crippen molar-refractivity contribution in [1.29, 1.82) is 0 Å². The highest BCUT2D eigenvalue weighted by atomic mass is 28.4. The lowest BCUT2D eigenvalue weighted by Gasteiger charge is -2.56. The highest BCUT2D eigenvalue weighted by Crippen LogP contribution is 2.53. The molecule has 21 heteroatoms. The molecule has 91 heavy (non-hydrogen) atoms. The van der Waals surface area contributed by atoms with Crippen LogP contribution in [0.1, 0.15) is 168 Å². The van der Waals surface area contributed by atoms with E-state index in [1.807, 2.05) is 41.8 Å². The number of aryl methyl sites for hydroxylation is 2. The third kappa shape index (κ3) is 11.4. The zero-order chi connectivity index (χ0) is 64.1. The SMILES string of the molecule is CCc1c(F)ccc2cc(O[Si](C(C)C)(C(C)C)C(C)C)cc(-c3ncc4c(N5CCC[C@@](C)(O)C5)nc(OC[C@@]56CCCN5[C@H](COC(=O)N5CCC7(CC5)CC(N5CCC(c8ccc9c(c8)n(C)c(=O)n9C8CCC(=O)NC8=O)CC5)C7)CC6)nc4c3F)c12. The molecule has 1 saturated carbocycles. The minimum absolute atomic E-state index is 0.0166. The maximum atomic E-state index is 18.1. The number of β-amino-alcohol motifs (C(OH)–C–C–N with tert-alkyl or cyclic N) is 1. The van der Waals surface area contributed by atoms with Crippen LogP contribution in [-0.4, -0.2) is 152 Å². The van der Waals surface area contributed by atoms with E-state index in [1.54, 1.807) is 28.4 Å². The van der Waals surface area contributed by atoms with Crippen LogP contribution in [0.3, 0.4) is 0 Å². The van der Waals surface area contributed by atoms with Crippen LogP contribution in [0.2, 0.25) is 16.6 Å². The molecule has 4 atom stereocenters. The molecule has 13 rings (SSSR count). The average Bonchev–Trinajstić information content (AvgIpc) is 0.955. The number of carbonyl (C=O) groups is 3. The zero-order valence-electron chi connectivity index (χ0n) is 54.7. The van der Waals surface area contributed by atoms with E-state index in [2.05, 4.69) is 68.8 Å². The van der Waals surface area contributed by atoms with Gasteiger partial charge in [-0.05, 0) is 197 Å². The van der Waals surface area contributed by atoms with Gasteiger partial charge < -0.3 is 33.7 Å². The lowest BCUT2D eigenvalue weighted by molar-refractivity contribution is -0.135. The minimum Gasteiger partial charge on any atom is -0.543 e. The van der Waals surface area contributed by atoms with Crippen molar-refractivity contribution in [2.75, 3.05) is 63.9 Å². The van der Waals surface area contributed by atoms with Crippen molar-refractivity contribution in [1.82, 2.24) is 44.1 Å². The van der Waals surface area contributed by atoms with Crippen LogP contribution in [-0.2, 0) is 27.8 Å². The average molecular weight is 1270 g/mol. The van der Waals surface area contributed by atoms with Crippen LogP contribution in [0.5, 0.6) is 11.8 Å². The van der Waals surface area contributed by atoms with Gasteiger partial charge in [0.25, 0.3) is 8.32 Å². The number of imidazole rings is 1. The van der Waals surface area contributed by atoms with Crippen molar-refractivity contribution in [3.63, 3.8) is 0 Å². The Morgan fingerprint density at radius 1 is 0.846 bits per heavy atom. The Labute approximate surface area is 533 Å². The molecule has 9 heterocycles. The molecule has 1 unspecified atom stereocenters. The molecular weight excluding hydrogens is 1170 g/mol. The predicted octanol–water partition coefficient (Wildman–Crippen LogP) is 11.9. The van der Waals surface area contributed by atoms with Gasteiger partial charge >= 0.3 is 17.8 Å². The molecule has 6 saturated heterocycles. The number of piperidine rings is 4. The molecule has 3 aromatic carbocycles. The van der Waals surface area contributed by atoms with Crippen molar-refractivity contribution in [2.24, 2.45) is 12.5 Å². The van der Waals surface area contributed by atoms with Crippen LogP contribution in [0.4, 0.5) is 19.4 Å². The maximum absolute atomic E-state index is 18.1. The van der Waals surface area contributed by atoms with Gasteiger partial charge in [0.15, 0.2) is 5.82 Å². The fourth-order valence-corrected chi connectivity index (χ4v) is 23.3. The van der Waals surface area contributed by atoms with Crippen LogP contribution >= 0.6 is 0 Å². The van der Waals surface area contributed by atoms with E-state index in [9.17, 15) is 24.3 Å². The number of carbonyl (C=O) groups excluding carboxylic acids is 3. The Morgan fingerprint density at radius 3 is 2.29 bits per heavy atom. The Balaban J connectivity index is 0.655. The van der Waals surface area contributed by atoms with Crippen LogP contribution in [0.15, 0.2) is 53.5 Å². The summed E-state index contributed by atoms with van der Waals surface area (Å²) in [5.41, 5.74) is 3.14. The summed E-state index contributed by atoms with van der Waals surface area (Å²) in [6.07, 6.45) is 13.3. The molecule has 2 N–H and O–H groups in total. The number of aliphatic hydroxyl groups is 1. The fourth-order valence-electron chi connectivity index (χ4n) is 18.0. The molecule has 0 radical (unpaired) electrons. The summed E-state index contributed by atoms with van der Waals surface area (Å²) < 4.78 is 57.2. The van der Waals surface area contributed by atoms with Gasteiger partial charge in [-0.15, -0.1) is 0 Å². The summed E-state index contributed by atoms with van der Waals surface area (Å²) in [4.78, 5) is 75.6. The van der Waals surface area contributed by atoms with Crippen molar-refractivity contribution in [2.45, 2.75) is 204 Å². The molecule has 6 aromatic rings. The van der Waals surface area contributed by atoms with E-state index in [0.29, 0.717) is 96.3 Å². The van der Waals surface area contributed by atoms with E-state index in [0.717, 1.165) is 94.7 Å². The summed E-state index contributed by atoms with van der Waals surface area (Å²) in [6, 6.07) is 13.1. The first-order valence-corrected chi connectivity index (χ1v) is 36.0. The van der Waals surface area contributed by atoms with Gasteiger partial charge in [-0.25, -0.2) is 18.4 Å². The summed E-state index contributed by atoms with van der Waals surface area (Å²) in [5, 5.41) is 15.5. The van der Waals surface area contributed by atoms with Gasteiger partial charge in [0.05, 0.1) is 27.6 Å². The Kier molecular flexibility index (Phi) is 17.0. The molecule has 0 bridgehead atoms. The number of benzene rings is 3. The molecule has 1 aliphatic carbocycles. The second kappa shape index (κ2) is 24.4. The Morgan fingerprint density at radius 2 is 1.58 bits per heavy atom. The smallest absolute Gasteiger partial charge is 0.409 e. The maximum Gasteiger partial charge on any atom is 0.409 e. The number of likely N-dealkylation sites (tertiary alicyclic amines) is 2. The van der Waals surface area contributed by atoms with E-state index in [-0.39, 0.29) is 101 Å². The Bertz CT molecular complexity index is 3840. The highest BCUT2D eigenvalue weighted by Gasteiger charge is 2.52. The molecule has 3 amide bonds. The number of nitrogens with zero attached hydrogens (tertiary/aromatic N) is 9. The summed E-state index contributed by atoms with van der Waals surface area (Å²) >= 11 is 0. The lowest BCUT2D eigenvalue weighted by atomic mass is 9.59. The highest BCUT2D eigenvalue weighted by molar-refractivity contribution is 6.78. The number of halogens is 2. The summed E-state index contributed by atoms with van der Waals surface area (Å²) in [6.45, 7) is 22.7. The monoisotopic (exact) mass is 1270 g/mol. The number of nitrogens with one attached hydrogen (secondary N) is 1. The van der Waals surface area contributed by atoms with Crippen molar-refractivity contribution in [3.8, 4) is 23.0 Å². The molecule has 3 aromatic heterocycles. The van der Waals surface area contributed by atoms with Gasteiger partial charge in [-0.2, -0.15) is 9.97 Å². The van der Waals surface area contributed by atoms with Crippen LogP contribution in [0.25, 0.3) is 44.0 Å². The van der Waals surface area contributed by atoms with Crippen molar-refractivity contribution in [3.05, 3.63) is 81.9 Å². The number of pyridine rings is 1. The molecule has 7 aliphatic rings. The minimum atomic E-state index is -2.49. The molecule has 18 nitrogen and oxygen atoms in total. The second-order valence-electron chi connectivity index (χ2n) is 29.3. The summed E-state index contributed by atoms with van der Waals surface area (Å²) in [5.74, 6) is -0.366. The fraction of sp³-hybridized carbons (Fsp3) is 0.614. The predicted molar refractivity (Wildman–Crippen MR) is 350 cm³/mol. The van der Waals surface area contributed by atoms with E-state index < -0.39 is 31.7 Å². The Hall–Kier alpha value is -6.55. The molecular formula is C70H92F2N10O8Si. The van der Waals surface area contributed by atoms with E-state index in [4.69, 9.17) is 28.9 Å². The quantitative estimate of drug-likeness (QED) is 0.0687. The van der Waals surface area contributed by atoms with Gasteiger partial charge in [-0.3, -0.25) is 33.9 Å². The van der Waals surface area contributed by atoms with Crippen molar-refractivity contribution >= 4 is 64.8 Å².